The van der Waals surface area contributed by atoms with Crippen LogP contribution < -0.4 is 18.9 Å². The summed E-state index contributed by atoms with van der Waals surface area (Å²) in [7, 11) is 1.43. The van der Waals surface area contributed by atoms with Crippen molar-refractivity contribution in [2.45, 2.75) is 30.7 Å². The van der Waals surface area contributed by atoms with Crippen LogP contribution in [0.15, 0.2) is 59.9 Å². The molecule has 4 aromatic rings. The minimum atomic E-state index is -3.27. The maximum absolute atomic E-state index is 13.0. The SMILES string of the molecule is COc1c(OCc2ccccc2)ccnc1C[S+]([O-])c1nc2cc(OC(F)F)c(OC(F)F)cc2[nH]1. The van der Waals surface area contributed by atoms with Gasteiger partial charge in [0.25, 0.3) is 0 Å². The standard InChI is InChI=1S/C23H19F4N3O5S/c1-32-20-16(28-8-7-17(20)33-11-13-5-3-2-4-6-13)12-36(31)23-29-14-9-18(34-21(24)25)19(35-22(26)27)10-15(14)30-23/h2-10,21-22H,11-12H2,1H3,(H,29,30). The first-order chi connectivity index (χ1) is 17.3. The van der Waals surface area contributed by atoms with E-state index in [1.165, 1.54) is 13.3 Å². The third kappa shape index (κ3) is 6.10. The summed E-state index contributed by atoms with van der Waals surface area (Å²) in [5.74, 6) is -0.695. The smallest absolute Gasteiger partial charge is 0.387 e. The van der Waals surface area contributed by atoms with Crippen molar-refractivity contribution in [2.24, 2.45) is 0 Å². The predicted molar refractivity (Wildman–Crippen MR) is 121 cm³/mol. The molecule has 0 saturated heterocycles. The fourth-order valence-electron chi connectivity index (χ4n) is 3.31. The third-order valence-electron chi connectivity index (χ3n) is 4.82. The van der Waals surface area contributed by atoms with Crippen LogP contribution in [0.1, 0.15) is 11.3 Å². The fourth-order valence-corrected chi connectivity index (χ4v) is 4.33. The summed E-state index contributed by atoms with van der Waals surface area (Å²) in [6.07, 6.45) is 1.48. The van der Waals surface area contributed by atoms with Crippen LogP contribution in [0.3, 0.4) is 0 Å². The van der Waals surface area contributed by atoms with Gasteiger partial charge in [-0.1, -0.05) is 30.3 Å². The number of nitrogens with one attached hydrogen (secondary N) is 1. The van der Waals surface area contributed by atoms with Crippen molar-refractivity contribution in [3.63, 3.8) is 0 Å². The molecule has 190 valence electrons. The van der Waals surface area contributed by atoms with Gasteiger partial charge in [0.2, 0.25) is 0 Å². The van der Waals surface area contributed by atoms with Crippen molar-refractivity contribution in [1.29, 1.82) is 0 Å². The Morgan fingerprint density at radius 2 is 1.67 bits per heavy atom. The van der Waals surface area contributed by atoms with Crippen LogP contribution in [-0.4, -0.2) is 39.8 Å². The predicted octanol–water partition coefficient (Wildman–Crippen LogP) is 5.06. The summed E-state index contributed by atoms with van der Waals surface area (Å²) in [6, 6.07) is 13.1. The molecular weight excluding hydrogens is 506 g/mol. The molecule has 8 nitrogen and oxygen atoms in total. The Bertz CT molecular complexity index is 1260. The Kier molecular flexibility index (Phi) is 8.00. The number of methoxy groups -OCH3 is 1. The van der Waals surface area contributed by atoms with E-state index in [1.54, 1.807) is 6.07 Å². The molecule has 0 bridgehead atoms. The molecule has 13 heteroatoms. The lowest BCUT2D eigenvalue weighted by Crippen LogP contribution is -2.10. The number of halogens is 4. The third-order valence-corrected chi connectivity index (χ3v) is 5.98. The van der Waals surface area contributed by atoms with E-state index < -0.39 is 35.9 Å². The lowest BCUT2D eigenvalue weighted by Gasteiger charge is -2.14. The first-order valence-electron chi connectivity index (χ1n) is 10.3. The number of pyridine rings is 1. The van der Waals surface area contributed by atoms with E-state index in [4.69, 9.17) is 9.47 Å². The number of ether oxygens (including phenoxy) is 4. The number of hydrogen-bond donors (Lipinski definition) is 1. The maximum Gasteiger partial charge on any atom is 0.387 e. The summed E-state index contributed by atoms with van der Waals surface area (Å²) < 4.78 is 83.6. The van der Waals surface area contributed by atoms with Crippen molar-refractivity contribution in [3.05, 3.63) is 66.0 Å². The number of imidazole rings is 1. The number of aromatic nitrogens is 3. The van der Waals surface area contributed by atoms with Crippen molar-refractivity contribution >= 4 is 22.2 Å². The summed E-state index contributed by atoms with van der Waals surface area (Å²) in [5.41, 5.74) is 1.46. The van der Waals surface area contributed by atoms with Crippen molar-refractivity contribution < 1.29 is 41.1 Å². The number of H-pyrrole nitrogens is 1. The zero-order valence-corrected chi connectivity index (χ0v) is 19.4. The van der Waals surface area contributed by atoms with Crippen LogP contribution in [-0.2, 0) is 23.5 Å². The normalized spacial score (nSPS) is 12.2. The monoisotopic (exact) mass is 525 g/mol. The van der Waals surface area contributed by atoms with Crippen LogP contribution in [0, 0.1) is 0 Å². The molecule has 0 aliphatic rings. The van der Waals surface area contributed by atoms with E-state index in [0.717, 1.165) is 17.7 Å². The Morgan fingerprint density at radius 3 is 2.33 bits per heavy atom. The summed E-state index contributed by atoms with van der Waals surface area (Å²) >= 11 is -1.80. The highest BCUT2D eigenvalue weighted by molar-refractivity contribution is 7.90. The molecule has 2 aromatic carbocycles. The average Bonchev–Trinajstić information content (AvgIpc) is 3.26. The van der Waals surface area contributed by atoms with Crippen LogP contribution in [0.25, 0.3) is 11.0 Å². The van der Waals surface area contributed by atoms with E-state index in [-0.39, 0.29) is 34.3 Å². The molecule has 0 spiro atoms. The van der Waals surface area contributed by atoms with Gasteiger partial charge in [-0.3, -0.25) is 9.97 Å². The average molecular weight is 525 g/mol. The van der Waals surface area contributed by atoms with Crippen LogP contribution >= 0.6 is 0 Å². The molecule has 0 saturated carbocycles. The Morgan fingerprint density at radius 1 is 0.972 bits per heavy atom. The van der Waals surface area contributed by atoms with Gasteiger partial charge in [0.15, 0.2) is 28.8 Å². The summed E-state index contributed by atoms with van der Waals surface area (Å²) in [4.78, 5) is 11.1. The minimum Gasteiger partial charge on any atom is -0.609 e. The number of aromatic amines is 1. The molecule has 4 rings (SSSR count). The second-order valence-electron chi connectivity index (χ2n) is 7.17. The van der Waals surface area contributed by atoms with Crippen molar-refractivity contribution in [1.82, 2.24) is 15.0 Å². The van der Waals surface area contributed by atoms with Gasteiger partial charge >= 0.3 is 18.4 Å². The topological polar surface area (TPSA) is 102 Å². The fraction of sp³-hybridized carbons (Fsp3) is 0.217. The molecule has 1 atom stereocenters. The number of benzene rings is 2. The quantitative estimate of drug-likeness (QED) is 0.216. The molecule has 0 radical (unpaired) electrons. The highest BCUT2D eigenvalue weighted by atomic mass is 32.2. The van der Waals surface area contributed by atoms with Gasteiger partial charge in [0, 0.05) is 35.6 Å². The maximum atomic E-state index is 13.0. The molecule has 0 aliphatic carbocycles. The van der Waals surface area contributed by atoms with Crippen LogP contribution in [0.2, 0.25) is 0 Å². The van der Waals surface area contributed by atoms with Gasteiger partial charge in [-0.15, -0.1) is 0 Å². The molecule has 1 N–H and O–H groups in total. The molecule has 1 unspecified atom stereocenters. The van der Waals surface area contributed by atoms with E-state index in [1.807, 2.05) is 30.3 Å². The number of nitrogens with zero attached hydrogens (tertiary/aromatic N) is 2. The van der Waals surface area contributed by atoms with Gasteiger partial charge in [0.05, 0.1) is 18.1 Å². The minimum absolute atomic E-state index is 0.0401. The Balaban J connectivity index is 1.56. The lowest BCUT2D eigenvalue weighted by molar-refractivity contribution is -0.0690. The molecule has 36 heavy (non-hydrogen) atoms. The van der Waals surface area contributed by atoms with E-state index in [9.17, 15) is 22.1 Å². The number of rotatable bonds is 11. The van der Waals surface area contributed by atoms with Gasteiger partial charge < -0.3 is 23.5 Å². The first-order valence-corrected chi connectivity index (χ1v) is 11.7. The van der Waals surface area contributed by atoms with Gasteiger partial charge in [0.1, 0.15) is 12.3 Å². The Labute approximate surface area is 205 Å². The van der Waals surface area contributed by atoms with Gasteiger partial charge in [-0.05, 0) is 5.56 Å². The molecule has 0 amide bonds. The zero-order chi connectivity index (χ0) is 25.7. The molecule has 2 heterocycles. The van der Waals surface area contributed by atoms with Crippen molar-refractivity contribution in [2.75, 3.05) is 7.11 Å². The highest BCUT2D eigenvalue weighted by Crippen LogP contribution is 2.36. The second kappa shape index (κ2) is 11.4. The Hall–Kier alpha value is -3.71. The molecule has 2 aromatic heterocycles. The van der Waals surface area contributed by atoms with E-state index >= 15 is 0 Å². The highest BCUT2D eigenvalue weighted by Gasteiger charge is 2.24. The second-order valence-corrected chi connectivity index (χ2v) is 8.53. The van der Waals surface area contributed by atoms with E-state index in [2.05, 4.69) is 24.4 Å². The zero-order valence-electron chi connectivity index (χ0n) is 18.6. The molecule has 0 fully saturated rings. The molecular formula is C23H19F4N3O5S. The van der Waals surface area contributed by atoms with E-state index in [0.29, 0.717) is 11.4 Å². The molecule has 0 aliphatic heterocycles. The number of fused-ring (bicyclic) bond motifs is 1. The van der Waals surface area contributed by atoms with Gasteiger partial charge in [-0.2, -0.15) is 22.5 Å². The largest absolute Gasteiger partial charge is 0.609 e. The summed E-state index contributed by atoms with van der Waals surface area (Å²) in [5, 5.41) is -0.0401. The van der Waals surface area contributed by atoms with Crippen LogP contribution in [0.5, 0.6) is 23.0 Å². The number of alkyl halides is 4. The first kappa shape index (κ1) is 25.4. The van der Waals surface area contributed by atoms with Gasteiger partial charge in [-0.25, -0.2) is 0 Å². The lowest BCUT2D eigenvalue weighted by atomic mass is 10.2. The number of hydrogen-bond acceptors (Lipinski definition) is 7. The van der Waals surface area contributed by atoms with Crippen LogP contribution in [0.4, 0.5) is 17.6 Å². The summed E-state index contributed by atoms with van der Waals surface area (Å²) in [6.45, 7) is -6.27. The van der Waals surface area contributed by atoms with Crippen molar-refractivity contribution in [3.8, 4) is 23.0 Å².